The van der Waals surface area contributed by atoms with E-state index >= 15 is 0 Å². The summed E-state index contributed by atoms with van der Waals surface area (Å²) in [7, 11) is 0. The molecule has 3 nitrogen and oxygen atoms in total. The molecule has 0 spiro atoms. The van der Waals surface area contributed by atoms with E-state index in [9.17, 15) is 4.79 Å². The largest absolute Gasteiger partial charge is 0.292 e. The summed E-state index contributed by atoms with van der Waals surface area (Å²) in [5.74, 6) is 0.637. The van der Waals surface area contributed by atoms with E-state index in [0.717, 1.165) is 51.6 Å². The third kappa shape index (κ3) is 3.75. The van der Waals surface area contributed by atoms with Crippen LogP contribution in [-0.4, -0.2) is 15.8 Å². The van der Waals surface area contributed by atoms with Gasteiger partial charge in [0.2, 0.25) is 0 Å². The summed E-state index contributed by atoms with van der Waals surface area (Å²) >= 11 is 6.61. The molecule has 31 heavy (non-hydrogen) atoms. The van der Waals surface area contributed by atoms with Crippen molar-refractivity contribution in [3.8, 4) is 22.3 Å². The highest BCUT2D eigenvalue weighted by Crippen LogP contribution is 2.40. The first-order chi connectivity index (χ1) is 15.0. The van der Waals surface area contributed by atoms with Gasteiger partial charge in [-0.3, -0.25) is 9.78 Å². The minimum atomic E-state index is 0.117. The lowest BCUT2D eigenvalue weighted by Crippen LogP contribution is -2.05. The molecule has 1 fully saturated rings. The molecule has 4 heteroatoms. The van der Waals surface area contributed by atoms with Crippen LogP contribution in [0.25, 0.3) is 33.2 Å². The van der Waals surface area contributed by atoms with Crippen LogP contribution < -0.4 is 0 Å². The molecule has 1 aliphatic rings. The van der Waals surface area contributed by atoms with Crippen molar-refractivity contribution in [1.29, 1.82) is 0 Å². The highest BCUT2D eigenvalue weighted by Gasteiger charge is 2.26. The lowest BCUT2D eigenvalue weighted by Gasteiger charge is -2.18. The van der Waals surface area contributed by atoms with Crippen LogP contribution in [0.4, 0.5) is 0 Å². The van der Waals surface area contributed by atoms with Gasteiger partial charge in [-0.05, 0) is 90.8 Å². The number of nitrogens with zero attached hydrogens (tertiary/aromatic N) is 2. The van der Waals surface area contributed by atoms with Crippen molar-refractivity contribution in [3.05, 3.63) is 82.8 Å². The number of ketones is 1. The third-order valence-electron chi connectivity index (χ3n) is 6.13. The molecule has 154 valence electrons. The lowest BCUT2D eigenvalue weighted by atomic mass is 9.88. The number of carbonyl (C=O) groups excluding carboxylic acids is 1. The quantitative estimate of drug-likeness (QED) is 0.316. The van der Waals surface area contributed by atoms with Crippen LogP contribution in [0.2, 0.25) is 5.02 Å². The molecule has 2 heterocycles. The molecule has 1 saturated carbocycles. The fraction of sp³-hybridized carbons (Fsp3) is 0.222. The van der Waals surface area contributed by atoms with Crippen LogP contribution in [0.15, 0.2) is 60.9 Å². The Bertz CT molecular complexity index is 1310. The third-order valence-corrected chi connectivity index (χ3v) is 6.46. The summed E-state index contributed by atoms with van der Waals surface area (Å²) in [5.41, 5.74) is 7.79. The number of hydrogen-bond donors (Lipinski definition) is 0. The van der Waals surface area contributed by atoms with Gasteiger partial charge in [-0.1, -0.05) is 29.8 Å². The Morgan fingerprint density at radius 2 is 1.77 bits per heavy atom. The van der Waals surface area contributed by atoms with E-state index in [-0.39, 0.29) is 5.78 Å². The van der Waals surface area contributed by atoms with E-state index < -0.39 is 0 Å². The van der Waals surface area contributed by atoms with Crippen LogP contribution in [0.1, 0.15) is 40.9 Å². The second-order valence-electron chi connectivity index (χ2n) is 8.43. The number of aryl methyl sites for hydroxylation is 2. The summed E-state index contributed by atoms with van der Waals surface area (Å²) in [5, 5.41) is 1.70. The molecule has 0 atom stereocenters. The molecule has 0 saturated heterocycles. The second kappa shape index (κ2) is 7.90. The molecular weight excluding hydrogens is 404 g/mol. The predicted octanol–water partition coefficient (Wildman–Crippen LogP) is 7.22. The van der Waals surface area contributed by atoms with Crippen molar-refractivity contribution in [1.82, 2.24) is 9.97 Å². The molecule has 0 unspecified atom stereocenters. The summed E-state index contributed by atoms with van der Waals surface area (Å²) in [4.78, 5) is 21.9. The van der Waals surface area contributed by atoms with Gasteiger partial charge in [0.25, 0.3) is 0 Å². The number of fused-ring (bicyclic) bond motifs is 1. The number of benzene rings is 2. The Morgan fingerprint density at radius 1 is 1.03 bits per heavy atom. The Labute approximate surface area is 187 Å². The highest BCUT2D eigenvalue weighted by molar-refractivity contribution is 6.33. The number of Topliss-reactive ketones (excluding diaryl/α,β-unsaturated/α-hetero) is 1. The van der Waals surface area contributed by atoms with Crippen molar-refractivity contribution in [2.45, 2.75) is 33.1 Å². The average Bonchev–Trinajstić information content (AvgIpc) is 3.58. The summed E-state index contributed by atoms with van der Waals surface area (Å²) in [6, 6.07) is 15.9. The maximum absolute atomic E-state index is 13.0. The first kappa shape index (κ1) is 19.9. The zero-order chi connectivity index (χ0) is 21.5. The molecule has 5 rings (SSSR count). The second-order valence-corrected chi connectivity index (χ2v) is 8.84. The van der Waals surface area contributed by atoms with Gasteiger partial charge in [-0.15, -0.1) is 0 Å². The van der Waals surface area contributed by atoms with Crippen LogP contribution >= 0.6 is 11.6 Å². The molecule has 4 aromatic rings. The van der Waals surface area contributed by atoms with Crippen molar-refractivity contribution in [2.24, 2.45) is 5.92 Å². The Morgan fingerprint density at radius 3 is 2.48 bits per heavy atom. The summed E-state index contributed by atoms with van der Waals surface area (Å²) in [6.45, 7) is 4.22. The monoisotopic (exact) mass is 426 g/mol. The average molecular weight is 427 g/mol. The van der Waals surface area contributed by atoms with Gasteiger partial charge in [0.1, 0.15) is 5.69 Å². The number of rotatable bonds is 5. The van der Waals surface area contributed by atoms with Gasteiger partial charge in [-0.2, -0.15) is 0 Å². The lowest BCUT2D eigenvalue weighted by molar-refractivity contribution is 0.0971. The van der Waals surface area contributed by atoms with Gasteiger partial charge in [0.15, 0.2) is 5.78 Å². The number of aromatic nitrogens is 2. The molecular formula is C27H23ClN2O. The zero-order valence-electron chi connectivity index (χ0n) is 17.7. The van der Waals surface area contributed by atoms with Gasteiger partial charge >= 0.3 is 0 Å². The normalized spacial score (nSPS) is 13.5. The predicted molar refractivity (Wildman–Crippen MR) is 127 cm³/mol. The van der Waals surface area contributed by atoms with E-state index in [0.29, 0.717) is 23.1 Å². The summed E-state index contributed by atoms with van der Waals surface area (Å²) in [6.07, 6.45) is 6.48. The van der Waals surface area contributed by atoms with Crippen LogP contribution in [0, 0.1) is 19.8 Å². The Kier molecular flexibility index (Phi) is 5.07. The van der Waals surface area contributed by atoms with E-state index in [4.69, 9.17) is 16.6 Å². The minimum Gasteiger partial charge on any atom is -0.292 e. The van der Waals surface area contributed by atoms with Crippen molar-refractivity contribution >= 4 is 28.3 Å². The summed E-state index contributed by atoms with van der Waals surface area (Å²) < 4.78 is 0. The SMILES string of the molecule is Cc1cc2nc(C(=O)CC3CC3)cc(-c3ccccc3Cl)c2c(C)c1-c1ccncc1. The smallest absolute Gasteiger partial charge is 0.181 e. The molecule has 1 aliphatic carbocycles. The van der Waals surface area contributed by atoms with Crippen molar-refractivity contribution in [2.75, 3.05) is 0 Å². The van der Waals surface area contributed by atoms with Crippen molar-refractivity contribution < 1.29 is 4.79 Å². The van der Waals surface area contributed by atoms with E-state index in [1.807, 2.05) is 54.9 Å². The molecule has 2 aromatic carbocycles. The Hall–Kier alpha value is -3.04. The molecule has 0 aliphatic heterocycles. The molecule has 0 N–H and O–H groups in total. The number of carbonyl (C=O) groups is 1. The van der Waals surface area contributed by atoms with Gasteiger partial charge in [0, 0.05) is 34.8 Å². The van der Waals surface area contributed by atoms with Gasteiger partial charge in [-0.25, -0.2) is 4.98 Å². The number of halogens is 1. The van der Waals surface area contributed by atoms with Gasteiger partial charge in [0.05, 0.1) is 5.52 Å². The molecule has 0 radical (unpaired) electrons. The molecule has 2 aromatic heterocycles. The first-order valence-corrected chi connectivity index (χ1v) is 11.0. The highest BCUT2D eigenvalue weighted by atomic mass is 35.5. The Balaban J connectivity index is 1.81. The van der Waals surface area contributed by atoms with Gasteiger partial charge < -0.3 is 0 Å². The van der Waals surface area contributed by atoms with E-state index in [1.165, 1.54) is 5.56 Å². The standard InChI is InChI=1S/C27H23ClN2O/c1-16-13-24-27(17(2)26(16)19-9-11-29-12-10-19)21(20-5-3-4-6-22(20)28)15-23(30-24)25(31)14-18-7-8-18/h3-6,9-13,15,18H,7-8,14H2,1-2H3. The van der Waals surface area contributed by atoms with E-state index in [1.54, 1.807) is 0 Å². The maximum Gasteiger partial charge on any atom is 0.181 e. The fourth-order valence-electron chi connectivity index (χ4n) is 4.45. The van der Waals surface area contributed by atoms with Crippen LogP contribution in [-0.2, 0) is 0 Å². The van der Waals surface area contributed by atoms with Crippen LogP contribution in [0.5, 0.6) is 0 Å². The first-order valence-electron chi connectivity index (χ1n) is 10.7. The minimum absolute atomic E-state index is 0.117. The fourth-order valence-corrected chi connectivity index (χ4v) is 4.69. The van der Waals surface area contributed by atoms with Crippen LogP contribution in [0.3, 0.4) is 0 Å². The maximum atomic E-state index is 13.0. The zero-order valence-corrected chi connectivity index (χ0v) is 18.4. The molecule has 0 amide bonds. The number of hydrogen-bond acceptors (Lipinski definition) is 3. The topological polar surface area (TPSA) is 42.9 Å². The number of pyridine rings is 2. The van der Waals surface area contributed by atoms with E-state index in [2.05, 4.69) is 24.9 Å². The van der Waals surface area contributed by atoms with Crippen molar-refractivity contribution in [3.63, 3.8) is 0 Å². The molecule has 0 bridgehead atoms.